The van der Waals surface area contributed by atoms with Gasteiger partial charge in [-0.2, -0.15) is 5.10 Å². The van der Waals surface area contributed by atoms with Gasteiger partial charge in [-0.1, -0.05) is 23.2 Å². The first kappa shape index (κ1) is 18.7. The van der Waals surface area contributed by atoms with Crippen molar-refractivity contribution in [2.45, 2.75) is 39.2 Å². The predicted molar refractivity (Wildman–Crippen MR) is 99.1 cm³/mol. The molecule has 26 heavy (non-hydrogen) atoms. The summed E-state index contributed by atoms with van der Waals surface area (Å²) in [6.07, 6.45) is 1.33. The first-order valence-corrected chi connectivity index (χ1v) is 9.08. The van der Waals surface area contributed by atoms with E-state index in [4.69, 9.17) is 23.2 Å². The van der Waals surface area contributed by atoms with Crippen molar-refractivity contribution in [1.29, 1.82) is 0 Å². The summed E-state index contributed by atoms with van der Waals surface area (Å²) in [5.41, 5.74) is 2.98. The Bertz CT molecular complexity index is 879. The van der Waals surface area contributed by atoms with Crippen LogP contribution in [0, 0.1) is 13.8 Å². The summed E-state index contributed by atoms with van der Waals surface area (Å²) >= 11 is 12.2. The van der Waals surface area contributed by atoms with Crippen LogP contribution in [0.25, 0.3) is 5.69 Å². The highest BCUT2D eigenvalue weighted by molar-refractivity contribution is 6.35. The number of halogens is 2. The number of likely N-dealkylation sites (tertiary alicyclic amines) is 1. The fraction of sp³-hybridized carbons (Fsp3) is 0.389. The molecule has 0 spiro atoms. The molecule has 1 aromatic carbocycles. The summed E-state index contributed by atoms with van der Waals surface area (Å²) in [5.74, 6) is -1.14. The van der Waals surface area contributed by atoms with Crippen LogP contribution >= 0.6 is 23.2 Å². The lowest BCUT2D eigenvalue weighted by molar-refractivity contribution is -0.148. The van der Waals surface area contributed by atoms with Gasteiger partial charge in [0.05, 0.1) is 22.8 Å². The fourth-order valence-corrected chi connectivity index (χ4v) is 3.88. The molecule has 1 atom stereocenters. The molecule has 0 aliphatic carbocycles. The Labute approximate surface area is 161 Å². The van der Waals surface area contributed by atoms with E-state index in [1.807, 2.05) is 13.8 Å². The summed E-state index contributed by atoms with van der Waals surface area (Å²) in [6, 6.07) is 4.41. The molecule has 1 N–H and O–H groups in total. The third-order valence-electron chi connectivity index (χ3n) is 4.77. The highest BCUT2D eigenvalue weighted by Crippen LogP contribution is 2.28. The van der Waals surface area contributed by atoms with Gasteiger partial charge in [0.15, 0.2) is 0 Å². The van der Waals surface area contributed by atoms with Gasteiger partial charge in [-0.3, -0.25) is 4.79 Å². The second-order valence-electron chi connectivity index (χ2n) is 6.42. The molecule has 2 aromatic rings. The number of aryl methyl sites for hydroxylation is 1. The zero-order chi connectivity index (χ0) is 19.0. The maximum atomic E-state index is 12.7. The fourth-order valence-electron chi connectivity index (χ4n) is 3.39. The molecule has 1 saturated heterocycles. The zero-order valence-electron chi connectivity index (χ0n) is 14.5. The lowest BCUT2D eigenvalue weighted by Gasteiger charge is -2.21. The number of carbonyl (C=O) groups is 2. The van der Waals surface area contributed by atoms with Crippen molar-refractivity contribution in [2.24, 2.45) is 0 Å². The van der Waals surface area contributed by atoms with Crippen molar-refractivity contribution in [3.63, 3.8) is 0 Å². The third-order valence-corrected chi connectivity index (χ3v) is 5.30. The number of rotatable bonds is 4. The van der Waals surface area contributed by atoms with Crippen LogP contribution in [0.15, 0.2) is 18.2 Å². The van der Waals surface area contributed by atoms with Crippen molar-refractivity contribution in [3.8, 4) is 5.69 Å². The number of hydrogen-bond acceptors (Lipinski definition) is 3. The lowest BCUT2D eigenvalue weighted by Crippen LogP contribution is -2.41. The number of amides is 1. The maximum absolute atomic E-state index is 12.7. The van der Waals surface area contributed by atoms with E-state index < -0.39 is 12.0 Å². The van der Waals surface area contributed by atoms with E-state index in [9.17, 15) is 14.7 Å². The molecule has 1 fully saturated rings. The topological polar surface area (TPSA) is 75.4 Å². The third kappa shape index (κ3) is 3.44. The zero-order valence-corrected chi connectivity index (χ0v) is 16.0. The summed E-state index contributed by atoms with van der Waals surface area (Å²) in [7, 11) is 0. The van der Waals surface area contributed by atoms with Gasteiger partial charge >= 0.3 is 5.97 Å². The summed E-state index contributed by atoms with van der Waals surface area (Å²) in [6.45, 7) is 4.17. The molecule has 1 aliphatic heterocycles. The van der Waals surface area contributed by atoms with E-state index in [2.05, 4.69) is 5.10 Å². The van der Waals surface area contributed by atoms with Crippen LogP contribution in [0.2, 0.25) is 10.0 Å². The molecular formula is C18H19Cl2N3O3. The van der Waals surface area contributed by atoms with Crippen molar-refractivity contribution in [1.82, 2.24) is 14.7 Å². The van der Waals surface area contributed by atoms with E-state index in [1.54, 1.807) is 22.9 Å². The molecule has 1 aromatic heterocycles. The van der Waals surface area contributed by atoms with E-state index >= 15 is 0 Å². The Morgan fingerprint density at radius 3 is 2.69 bits per heavy atom. The standard InChI is InChI=1S/C18H19Cl2N3O3/c1-10-13(9-17(24)22-7-3-4-16(22)18(25)26)11(2)23(21-10)15-6-5-12(19)8-14(15)20/h5-6,8,16H,3-4,7,9H2,1-2H3,(H,25,26)/t16-/m0/s1. The lowest BCUT2D eigenvalue weighted by atomic mass is 10.1. The molecule has 3 rings (SSSR count). The van der Waals surface area contributed by atoms with Gasteiger partial charge in [0.1, 0.15) is 6.04 Å². The normalized spacial score (nSPS) is 16.9. The first-order valence-electron chi connectivity index (χ1n) is 8.32. The number of aliphatic carboxylic acids is 1. The van der Waals surface area contributed by atoms with Crippen LogP contribution in [0.4, 0.5) is 0 Å². The van der Waals surface area contributed by atoms with Gasteiger partial charge in [0.25, 0.3) is 0 Å². The highest BCUT2D eigenvalue weighted by Gasteiger charge is 2.34. The number of hydrogen-bond donors (Lipinski definition) is 1. The second kappa shape index (κ2) is 7.29. The van der Waals surface area contributed by atoms with Gasteiger partial charge in [0, 0.05) is 22.8 Å². The Hall–Kier alpha value is -2.05. The van der Waals surface area contributed by atoms with Crippen molar-refractivity contribution >= 4 is 35.1 Å². The summed E-state index contributed by atoms with van der Waals surface area (Å²) in [4.78, 5) is 25.4. The van der Waals surface area contributed by atoms with Gasteiger partial charge in [-0.15, -0.1) is 0 Å². The Morgan fingerprint density at radius 1 is 1.31 bits per heavy atom. The smallest absolute Gasteiger partial charge is 0.326 e. The molecule has 6 nitrogen and oxygen atoms in total. The monoisotopic (exact) mass is 395 g/mol. The SMILES string of the molecule is Cc1nn(-c2ccc(Cl)cc2Cl)c(C)c1CC(=O)N1CCC[C@H]1C(=O)O. The minimum absolute atomic E-state index is 0.118. The van der Waals surface area contributed by atoms with Crippen LogP contribution in [0.1, 0.15) is 29.8 Å². The van der Waals surface area contributed by atoms with Crippen molar-refractivity contribution < 1.29 is 14.7 Å². The number of benzene rings is 1. The molecule has 0 saturated carbocycles. The minimum Gasteiger partial charge on any atom is -0.480 e. The molecular weight excluding hydrogens is 377 g/mol. The molecule has 0 radical (unpaired) electrons. The van der Waals surface area contributed by atoms with E-state index in [1.165, 1.54) is 4.90 Å². The van der Waals surface area contributed by atoms with Crippen LogP contribution in [-0.2, 0) is 16.0 Å². The number of nitrogens with zero attached hydrogens (tertiary/aromatic N) is 3. The van der Waals surface area contributed by atoms with Crippen molar-refractivity contribution in [2.75, 3.05) is 6.54 Å². The van der Waals surface area contributed by atoms with Crippen LogP contribution < -0.4 is 0 Å². The van der Waals surface area contributed by atoms with E-state index in [0.717, 1.165) is 11.3 Å². The van der Waals surface area contributed by atoms with Crippen LogP contribution in [0.3, 0.4) is 0 Å². The molecule has 1 aliphatic rings. The first-order chi connectivity index (χ1) is 12.3. The number of carboxylic acids is 1. The molecule has 2 heterocycles. The number of carbonyl (C=O) groups excluding carboxylic acids is 1. The Balaban J connectivity index is 1.89. The molecule has 138 valence electrons. The highest BCUT2D eigenvalue weighted by atomic mass is 35.5. The van der Waals surface area contributed by atoms with Crippen LogP contribution in [0.5, 0.6) is 0 Å². The Kier molecular flexibility index (Phi) is 5.25. The average molecular weight is 396 g/mol. The molecule has 0 unspecified atom stereocenters. The maximum Gasteiger partial charge on any atom is 0.326 e. The number of carboxylic acid groups (broad SMARTS) is 1. The summed E-state index contributed by atoms with van der Waals surface area (Å²) < 4.78 is 1.69. The van der Waals surface area contributed by atoms with Gasteiger partial charge in [-0.25, -0.2) is 9.48 Å². The predicted octanol–water partition coefficient (Wildman–Crippen LogP) is 3.41. The average Bonchev–Trinajstić information content (AvgIpc) is 3.16. The minimum atomic E-state index is -0.951. The largest absolute Gasteiger partial charge is 0.480 e. The van der Waals surface area contributed by atoms with Gasteiger partial charge in [-0.05, 0) is 44.9 Å². The van der Waals surface area contributed by atoms with Crippen LogP contribution in [-0.4, -0.2) is 44.3 Å². The molecule has 8 heteroatoms. The molecule has 0 bridgehead atoms. The summed E-state index contributed by atoms with van der Waals surface area (Å²) in [5, 5.41) is 14.8. The second-order valence-corrected chi connectivity index (χ2v) is 7.26. The van der Waals surface area contributed by atoms with Gasteiger partial charge in [0.2, 0.25) is 5.91 Å². The molecule has 1 amide bonds. The van der Waals surface area contributed by atoms with E-state index in [-0.39, 0.29) is 12.3 Å². The van der Waals surface area contributed by atoms with E-state index in [0.29, 0.717) is 40.8 Å². The van der Waals surface area contributed by atoms with Crippen molar-refractivity contribution in [3.05, 3.63) is 45.2 Å². The van der Waals surface area contributed by atoms with Gasteiger partial charge < -0.3 is 10.0 Å². The quantitative estimate of drug-likeness (QED) is 0.860. The Morgan fingerprint density at radius 2 is 2.04 bits per heavy atom. The number of aromatic nitrogens is 2.